The van der Waals surface area contributed by atoms with Crippen LogP contribution in [-0.2, 0) is 11.2 Å². The van der Waals surface area contributed by atoms with E-state index in [0.29, 0.717) is 27.2 Å². The van der Waals surface area contributed by atoms with Gasteiger partial charge in [-0.15, -0.1) is 0 Å². The molecule has 5 heteroatoms. The predicted molar refractivity (Wildman–Crippen MR) is 82.1 cm³/mol. The quantitative estimate of drug-likeness (QED) is 0.734. The van der Waals surface area contributed by atoms with E-state index < -0.39 is 0 Å². The number of carbonyl (C=O) groups excluding carboxylic acids is 1. The first-order chi connectivity index (χ1) is 9.56. The zero-order valence-electron chi connectivity index (χ0n) is 10.4. The van der Waals surface area contributed by atoms with Gasteiger partial charge < -0.3 is 4.74 Å². The van der Waals surface area contributed by atoms with Crippen molar-refractivity contribution in [1.82, 2.24) is 0 Å². The van der Waals surface area contributed by atoms with E-state index in [-0.39, 0.29) is 12.4 Å². The van der Waals surface area contributed by atoms with E-state index in [4.69, 9.17) is 39.5 Å². The van der Waals surface area contributed by atoms with Crippen LogP contribution in [0.15, 0.2) is 42.5 Å². The summed E-state index contributed by atoms with van der Waals surface area (Å²) in [7, 11) is 0. The summed E-state index contributed by atoms with van der Waals surface area (Å²) >= 11 is 17.7. The number of carbonyl (C=O) groups is 1. The zero-order valence-corrected chi connectivity index (χ0v) is 12.7. The van der Waals surface area contributed by atoms with E-state index in [1.807, 2.05) is 30.3 Å². The molecule has 2 nitrogen and oxygen atoms in total. The van der Waals surface area contributed by atoms with Crippen LogP contribution in [0.4, 0.5) is 0 Å². The van der Waals surface area contributed by atoms with Crippen molar-refractivity contribution in [2.24, 2.45) is 0 Å². The Hall–Kier alpha value is -1.22. The standard InChI is InChI=1S/C15H11Cl3O2/c16-12-7-14(18)15(8-13(12)17)20-9-11(19)6-10-4-2-1-3-5-10/h1-5,7-8H,6,9H2. The van der Waals surface area contributed by atoms with Gasteiger partial charge >= 0.3 is 0 Å². The third-order valence-electron chi connectivity index (χ3n) is 2.61. The second-order valence-electron chi connectivity index (χ2n) is 4.19. The van der Waals surface area contributed by atoms with Crippen LogP contribution in [0.5, 0.6) is 5.75 Å². The van der Waals surface area contributed by atoms with Gasteiger partial charge in [-0.3, -0.25) is 4.79 Å². The van der Waals surface area contributed by atoms with Crippen molar-refractivity contribution in [3.05, 3.63) is 63.1 Å². The molecule has 0 saturated heterocycles. The number of ketones is 1. The maximum Gasteiger partial charge on any atom is 0.174 e. The Kier molecular flexibility index (Phi) is 5.30. The Labute approximate surface area is 132 Å². The van der Waals surface area contributed by atoms with Crippen molar-refractivity contribution in [2.45, 2.75) is 6.42 Å². The van der Waals surface area contributed by atoms with Crippen LogP contribution in [0.2, 0.25) is 15.1 Å². The molecule has 2 aromatic carbocycles. The minimum Gasteiger partial charge on any atom is -0.484 e. The Balaban J connectivity index is 1.95. The molecule has 0 unspecified atom stereocenters. The van der Waals surface area contributed by atoms with Crippen molar-refractivity contribution in [3.8, 4) is 5.75 Å². The molecule has 0 fully saturated rings. The summed E-state index contributed by atoms with van der Waals surface area (Å²) in [6.45, 7) is -0.0629. The lowest BCUT2D eigenvalue weighted by molar-refractivity contribution is -0.120. The Morgan fingerprint density at radius 3 is 2.30 bits per heavy atom. The molecule has 0 aliphatic heterocycles. The number of hydrogen-bond acceptors (Lipinski definition) is 2. The molecule has 0 radical (unpaired) electrons. The number of Topliss-reactive ketones (excluding diaryl/α,β-unsaturated/α-hetero) is 1. The fraction of sp³-hybridized carbons (Fsp3) is 0.133. The van der Waals surface area contributed by atoms with Gasteiger partial charge in [-0.25, -0.2) is 0 Å². The highest BCUT2D eigenvalue weighted by Gasteiger charge is 2.10. The van der Waals surface area contributed by atoms with Gasteiger partial charge in [0.25, 0.3) is 0 Å². The number of benzene rings is 2. The molecule has 0 aliphatic carbocycles. The first-order valence-corrected chi connectivity index (χ1v) is 7.02. The molecular formula is C15H11Cl3O2. The minimum atomic E-state index is -0.0629. The summed E-state index contributed by atoms with van der Waals surface area (Å²) in [4.78, 5) is 11.8. The highest BCUT2D eigenvalue weighted by molar-refractivity contribution is 6.43. The normalized spacial score (nSPS) is 10.3. The summed E-state index contributed by atoms with van der Waals surface area (Å²) in [6, 6.07) is 12.5. The van der Waals surface area contributed by atoms with Crippen LogP contribution in [0, 0.1) is 0 Å². The average molecular weight is 330 g/mol. The third-order valence-corrected chi connectivity index (χ3v) is 3.63. The molecule has 0 aromatic heterocycles. The molecule has 0 amide bonds. The van der Waals surface area contributed by atoms with E-state index >= 15 is 0 Å². The molecule has 0 atom stereocenters. The maximum absolute atomic E-state index is 11.8. The zero-order chi connectivity index (χ0) is 14.5. The second-order valence-corrected chi connectivity index (χ2v) is 5.41. The largest absolute Gasteiger partial charge is 0.484 e. The van der Waals surface area contributed by atoms with Gasteiger partial charge in [0.1, 0.15) is 12.4 Å². The fourth-order valence-corrected chi connectivity index (χ4v) is 2.24. The minimum absolute atomic E-state index is 0.0432. The molecule has 0 saturated carbocycles. The van der Waals surface area contributed by atoms with Gasteiger partial charge in [0.05, 0.1) is 15.1 Å². The predicted octanol–water partition coefficient (Wildman–Crippen LogP) is 4.84. The first kappa shape index (κ1) is 15.2. The van der Waals surface area contributed by atoms with Gasteiger partial charge in [0, 0.05) is 12.5 Å². The van der Waals surface area contributed by atoms with Gasteiger partial charge in [0.2, 0.25) is 0 Å². The molecule has 20 heavy (non-hydrogen) atoms. The van der Waals surface area contributed by atoms with Crippen LogP contribution in [0.3, 0.4) is 0 Å². The molecule has 0 spiro atoms. The van der Waals surface area contributed by atoms with E-state index in [2.05, 4.69) is 0 Å². The highest BCUT2D eigenvalue weighted by atomic mass is 35.5. The Bertz CT molecular complexity index is 612. The summed E-state index contributed by atoms with van der Waals surface area (Å²) in [5.41, 5.74) is 0.946. The van der Waals surface area contributed by atoms with Crippen LogP contribution < -0.4 is 4.74 Å². The van der Waals surface area contributed by atoms with Gasteiger partial charge in [-0.1, -0.05) is 65.1 Å². The summed E-state index contributed by atoms with van der Waals surface area (Å²) in [6.07, 6.45) is 0.319. The number of halogens is 3. The van der Waals surface area contributed by atoms with E-state index in [1.54, 1.807) is 0 Å². The SMILES string of the molecule is O=C(COc1cc(Cl)c(Cl)cc1Cl)Cc1ccccc1. The van der Waals surface area contributed by atoms with Gasteiger partial charge in [-0.05, 0) is 11.6 Å². The lowest BCUT2D eigenvalue weighted by Crippen LogP contribution is -2.14. The lowest BCUT2D eigenvalue weighted by atomic mass is 10.1. The number of ether oxygens (including phenoxy) is 1. The van der Waals surface area contributed by atoms with Crippen LogP contribution in [0.1, 0.15) is 5.56 Å². The number of rotatable bonds is 5. The highest BCUT2D eigenvalue weighted by Crippen LogP contribution is 2.33. The summed E-state index contributed by atoms with van der Waals surface area (Å²) in [5.74, 6) is 0.306. The number of hydrogen-bond donors (Lipinski definition) is 0. The van der Waals surface area contributed by atoms with Crippen molar-refractivity contribution in [1.29, 1.82) is 0 Å². The van der Waals surface area contributed by atoms with Crippen LogP contribution >= 0.6 is 34.8 Å². The maximum atomic E-state index is 11.8. The topological polar surface area (TPSA) is 26.3 Å². The molecule has 0 heterocycles. The van der Waals surface area contributed by atoms with Gasteiger partial charge in [0.15, 0.2) is 5.78 Å². The van der Waals surface area contributed by atoms with Crippen molar-refractivity contribution in [3.63, 3.8) is 0 Å². The van der Waals surface area contributed by atoms with Crippen molar-refractivity contribution < 1.29 is 9.53 Å². The van der Waals surface area contributed by atoms with E-state index in [9.17, 15) is 4.79 Å². The summed E-state index contributed by atoms with van der Waals surface area (Å²) in [5, 5.41) is 1.01. The molecule has 0 aliphatic rings. The van der Waals surface area contributed by atoms with E-state index in [1.165, 1.54) is 12.1 Å². The van der Waals surface area contributed by atoms with Crippen molar-refractivity contribution >= 4 is 40.6 Å². The van der Waals surface area contributed by atoms with Gasteiger partial charge in [-0.2, -0.15) is 0 Å². The van der Waals surface area contributed by atoms with Crippen LogP contribution in [0.25, 0.3) is 0 Å². The van der Waals surface area contributed by atoms with E-state index in [0.717, 1.165) is 5.56 Å². The lowest BCUT2D eigenvalue weighted by Gasteiger charge is -2.08. The van der Waals surface area contributed by atoms with Crippen LogP contribution in [-0.4, -0.2) is 12.4 Å². The average Bonchev–Trinajstić information content (AvgIpc) is 2.42. The Morgan fingerprint density at radius 2 is 1.60 bits per heavy atom. The molecule has 0 bridgehead atoms. The smallest absolute Gasteiger partial charge is 0.174 e. The molecule has 2 aromatic rings. The molecule has 2 rings (SSSR count). The monoisotopic (exact) mass is 328 g/mol. The van der Waals surface area contributed by atoms with Crippen molar-refractivity contribution in [2.75, 3.05) is 6.61 Å². The third kappa shape index (κ3) is 4.14. The molecule has 104 valence electrons. The summed E-state index contributed by atoms with van der Waals surface area (Å²) < 4.78 is 5.38. The fourth-order valence-electron chi connectivity index (χ4n) is 1.65. The first-order valence-electron chi connectivity index (χ1n) is 5.89. The molecular weight excluding hydrogens is 319 g/mol. The molecule has 0 N–H and O–H groups in total. The second kappa shape index (κ2) is 6.98. The Morgan fingerprint density at radius 1 is 0.950 bits per heavy atom.